The molecule has 0 saturated carbocycles. The number of nitrogens with zero attached hydrogens (tertiary/aromatic N) is 1. The standard InChI is InChI=1S/C14H16ClN3O2S2/c1-2-3-7-4-5-8-9(6-7)21-14(16-8)17-13(20)11-10(15)12(19)18-22-11/h7H,2-6H2,1H3,(H,18,19)(H,16,17,20). The highest BCUT2D eigenvalue weighted by molar-refractivity contribution is 7.16. The first-order valence-electron chi connectivity index (χ1n) is 7.25. The van der Waals surface area contributed by atoms with Crippen LogP contribution in [0, 0.1) is 5.92 Å². The van der Waals surface area contributed by atoms with E-state index in [2.05, 4.69) is 21.6 Å². The monoisotopic (exact) mass is 357 g/mol. The van der Waals surface area contributed by atoms with Crippen LogP contribution in [-0.4, -0.2) is 15.3 Å². The van der Waals surface area contributed by atoms with Crippen LogP contribution in [0.15, 0.2) is 4.79 Å². The summed E-state index contributed by atoms with van der Waals surface area (Å²) >= 11 is 8.29. The number of amides is 1. The van der Waals surface area contributed by atoms with Gasteiger partial charge in [0.25, 0.3) is 11.5 Å². The van der Waals surface area contributed by atoms with Crippen molar-refractivity contribution in [2.24, 2.45) is 5.92 Å². The number of nitrogens with one attached hydrogen (secondary N) is 2. The molecule has 0 spiro atoms. The molecule has 0 saturated heterocycles. The summed E-state index contributed by atoms with van der Waals surface area (Å²) in [6, 6.07) is 0. The van der Waals surface area contributed by atoms with Crippen LogP contribution >= 0.6 is 34.5 Å². The van der Waals surface area contributed by atoms with Crippen LogP contribution in [-0.2, 0) is 12.8 Å². The van der Waals surface area contributed by atoms with Crippen LogP contribution in [0.1, 0.15) is 46.4 Å². The van der Waals surface area contributed by atoms with Crippen LogP contribution in [0.2, 0.25) is 5.02 Å². The Morgan fingerprint density at radius 3 is 3.05 bits per heavy atom. The van der Waals surface area contributed by atoms with Gasteiger partial charge in [-0.3, -0.25) is 19.3 Å². The van der Waals surface area contributed by atoms with E-state index < -0.39 is 5.56 Å². The second-order valence-electron chi connectivity index (χ2n) is 5.42. The Bertz CT molecular complexity index is 750. The van der Waals surface area contributed by atoms with Crippen LogP contribution in [0.4, 0.5) is 5.13 Å². The Morgan fingerprint density at radius 1 is 1.55 bits per heavy atom. The molecule has 2 aromatic rings. The third kappa shape index (κ3) is 3.11. The molecule has 22 heavy (non-hydrogen) atoms. The molecule has 0 aliphatic heterocycles. The topological polar surface area (TPSA) is 74.8 Å². The van der Waals surface area contributed by atoms with E-state index in [0.717, 1.165) is 36.0 Å². The summed E-state index contributed by atoms with van der Waals surface area (Å²) in [5, 5.41) is 3.28. The SMILES string of the molecule is CCCC1CCc2nc(NC(=O)c3s[nH]c(=O)c3Cl)sc2C1. The molecule has 0 aromatic carbocycles. The number of anilines is 1. The van der Waals surface area contributed by atoms with Gasteiger partial charge in [-0.2, -0.15) is 0 Å². The van der Waals surface area contributed by atoms with Crippen molar-refractivity contribution in [2.75, 3.05) is 5.32 Å². The number of thiazole rings is 1. The predicted octanol–water partition coefficient (Wildman–Crippen LogP) is 3.70. The molecule has 1 atom stereocenters. The molecule has 1 unspecified atom stereocenters. The maximum Gasteiger partial charge on any atom is 0.277 e. The summed E-state index contributed by atoms with van der Waals surface area (Å²) in [5.74, 6) is 0.343. The molecule has 2 heterocycles. The second-order valence-corrected chi connectivity index (χ2v) is 7.69. The molecule has 2 aromatic heterocycles. The van der Waals surface area contributed by atoms with Gasteiger partial charge in [0.15, 0.2) is 5.13 Å². The van der Waals surface area contributed by atoms with E-state index in [0.29, 0.717) is 5.13 Å². The van der Waals surface area contributed by atoms with Crippen molar-refractivity contribution < 1.29 is 4.79 Å². The highest BCUT2D eigenvalue weighted by Gasteiger charge is 2.23. The molecule has 3 rings (SSSR count). The van der Waals surface area contributed by atoms with E-state index in [1.54, 1.807) is 0 Å². The van der Waals surface area contributed by atoms with Crippen molar-refractivity contribution in [3.63, 3.8) is 0 Å². The fraction of sp³-hybridized carbons (Fsp3) is 0.500. The van der Waals surface area contributed by atoms with E-state index in [-0.39, 0.29) is 15.8 Å². The summed E-state index contributed by atoms with van der Waals surface area (Å²) < 4.78 is 2.45. The zero-order valence-electron chi connectivity index (χ0n) is 12.1. The number of hydrogen-bond acceptors (Lipinski definition) is 5. The van der Waals surface area contributed by atoms with Crippen molar-refractivity contribution in [1.29, 1.82) is 0 Å². The Balaban J connectivity index is 1.73. The Kier molecular flexibility index (Phi) is 4.65. The lowest BCUT2D eigenvalue weighted by atomic mass is 9.88. The van der Waals surface area contributed by atoms with Gasteiger partial charge in [-0.1, -0.05) is 42.9 Å². The first-order chi connectivity index (χ1) is 10.6. The molecule has 5 nitrogen and oxygen atoms in total. The van der Waals surface area contributed by atoms with Crippen LogP contribution < -0.4 is 10.9 Å². The third-order valence-corrected chi connectivity index (χ3v) is 6.20. The maximum absolute atomic E-state index is 12.2. The Morgan fingerprint density at radius 2 is 2.36 bits per heavy atom. The third-order valence-electron chi connectivity index (χ3n) is 3.81. The Labute approximate surface area is 140 Å². The number of aryl methyl sites for hydroxylation is 1. The second kappa shape index (κ2) is 6.52. The normalized spacial score (nSPS) is 17.3. The maximum atomic E-state index is 12.2. The number of carbonyl (C=O) groups excluding carboxylic acids is 1. The van der Waals surface area contributed by atoms with Gasteiger partial charge in [0.2, 0.25) is 0 Å². The molecule has 1 amide bonds. The number of H-pyrrole nitrogens is 1. The van der Waals surface area contributed by atoms with Crippen molar-refractivity contribution in [3.8, 4) is 0 Å². The van der Waals surface area contributed by atoms with Crippen molar-refractivity contribution in [1.82, 2.24) is 9.36 Å². The van der Waals surface area contributed by atoms with Gasteiger partial charge >= 0.3 is 0 Å². The van der Waals surface area contributed by atoms with Crippen molar-refractivity contribution >= 4 is 45.5 Å². The van der Waals surface area contributed by atoms with E-state index in [9.17, 15) is 9.59 Å². The van der Waals surface area contributed by atoms with E-state index in [1.165, 1.54) is 35.5 Å². The van der Waals surface area contributed by atoms with Gasteiger partial charge in [0.1, 0.15) is 9.90 Å². The minimum absolute atomic E-state index is 0.0631. The van der Waals surface area contributed by atoms with Gasteiger partial charge in [-0.15, -0.1) is 11.3 Å². The molecule has 0 radical (unpaired) electrons. The number of halogens is 1. The van der Waals surface area contributed by atoms with Crippen molar-refractivity contribution in [3.05, 3.63) is 30.8 Å². The molecule has 0 bridgehead atoms. The van der Waals surface area contributed by atoms with E-state index in [4.69, 9.17) is 11.6 Å². The lowest BCUT2D eigenvalue weighted by molar-refractivity contribution is 0.103. The smallest absolute Gasteiger partial charge is 0.277 e. The quantitative estimate of drug-likeness (QED) is 0.875. The van der Waals surface area contributed by atoms with Crippen LogP contribution in [0.25, 0.3) is 0 Å². The summed E-state index contributed by atoms with van der Waals surface area (Å²) in [5.41, 5.74) is 0.665. The number of rotatable bonds is 4. The largest absolute Gasteiger partial charge is 0.297 e. The molecule has 8 heteroatoms. The molecule has 2 N–H and O–H groups in total. The Hall–Kier alpha value is -1.18. The molecule has 0 fully saturated rings. The zero-order chi connectivity index (χ0) is 15.7. The number of fused-ring (bicyclic) bond motifs is 1. The molecular formula is C14H16ClN3O2S2. The van der Waals surface area contributed by atoms with Gasteiger partial charge in [-0.25, -0.2) is 4.98 Å². The fourth-order valence-corrected chi connectivity index (χ4v) is 4.79. The lowest BCUT2D eigenvalue weighted by Crippen LogP contribution is -2.13. The first kappa shape index (κ1) is 15.7. The van der Waals surface area contributed by atoms with Crippen LogP contribution in [0.5, 0.6) is 0 Å². The average Bonchev–Trinajstić information content (AvgIpc) is 3.03. The predicted molar refractivity (Wildman–Crippen MR) is 90.4 cm³/mol. The van der Waals surface area contributed by atoms with E-state index in [1.807, 2.05) is 0 Å². The molecule has 118 valence electrons. The molecular weight excluding hydrogens is 342 g/mol. The summed E-state index contributed by atoms with van der Waals surface area (Å²) in [6.45, 7) is 2.21. The van der Waals surface area contributed by atoms with E-state index >= 15 is 0 Å². The first-order valence-corrected chi connectivity index (χ1v) is 9.26. The zero-order valence-corrected chi connectivity index (χ0v) is 14.5. The minimum atomic E-state index is -0.433. The van der Waals surface area contributed by atoms with Gasteiger partial charge in [-0.05, 0) is 25.2 Å². The number of carbonyl (C=O) groups is 1. The average molecular weight is 358 g/mol. The highest BCUT2D eigenvalue weighted by atomic mass is 35.5. The molecule has 1 aliphatic rings. The fourth-order valence-electron chi connectivity index (χ4n) is 2.74. The summed E-state index contributed by atoms with van der Waals surface area (Å²) in [4.78, 5) is 29.4. The van der Waals surface area contributed by atoms with Crippen LogP contribution in [0.3, 0.4) is 0 Å². The van der Waals surface area contributed by atoms with Gasteiger partial charge in [0, 0.05) is 4.88 Å². The minimum Gasteiger partial charge on any atom is -0.297 e. The number of aromatic nitrogens is 2. The number of aromatic amines is 1. The summed E-state index contributed by atoms with van der Waals surface area (Å²) in [6.07, 6.45) is 5.64. The highest BCUT2D eigenvalue weighted by Crippen LogP contribution is 2.34. The van der Waals surface area contributed by atoms with Gasteiger partial charge < -0.3 is 0 Å². The van der Waals surface area contributed by atoms with Crippen molar-refractivity contribution in [2.45, 2.75) is 39.0 Å². The summed E-state index contributed by atoms with van der Waals surface area (Å²) in [7, 11) is 0. The molecule has 1 aliphatic carbocycles. The van der Waals surface area contributed by atoms with Gasteiger partial charge in [0.05, 0.1) is 5.69 Å². The number of hydrogen-bond donors (Lipinski definition) is 2. The lowest BCUT2D eigenvalue weighted by Gasteiger charge is -2.19.